The Labute approximate surface area is 148 Å². The lowest BCUT2D eigenvalue weighted by molar-refractivity contribution is 0.0945. The number of hydrogen-bond donors (Lipinski definition) is 1. The van der Waals surface area contributed by atoms with E-state index in [-0.39, 0.29) is 5.91 Å². The highest BCUT2D eigenvalue weighted by Crippen LogP contribution is 2.17. The van der Waals surface area contributed by atoms with Gasteiger partial charge in [-0.2, -0.15) is 0 Å². The van der Waals surface area contributed by atoms with Crippen molar-refractivity contribution in [3.8, 4) is 5.69 Å². The second-order valence-corrected chi connectivity index (χ2v) is 6.50. The highest BCUT2D eigenvalue weighted by atomic mass is 79.9. The number of carbonyl (C=O) groups is 1. The molecular weight excluding hydrogens is 368 g/mol. The van der Waals surface area contributed by atoms with E-state index in [1.165, 1.54) is 5.56 Å². The minimum atomic E-state index is -0.227. The summed E-state index contributed by atoms with van der Waals surface area (Å²) in [6.07, 6.45) is 0. The molecule has 24 heavy (non-hydrogen) atoms. The van der Waals surface area contributed by atoms with Crippen molar-refractivity contribution in [1.82, 2.24) is 20.3 Å². The van der Waals surface area contributed by atoms with Gasteiger partial charge in [-0.1, -0.05) is 57.0 Å². The number of hydrogen-bond acceptors (Lipinski definition) is 3. The smallest absolute Gasteiger partial charge is 0.274 e. The Kier molecular flexibility index (Phi) is 4.76. The first-order valence-corrected chi connectivity index (χ1v) is 8.36. The Morgan fingerprint density at radius 1 is 1.17 bits per heavy atom. The highest BCUT2D eigenvalue weighted by Gasteiger charge is 2.17. The predicted molar refractivity (Wildman–Crippen MR) is 96.1 cm³/mol. The summed E-state index contributed by atoms with van der Waals surface area (Å²) in [5.74, 6) is -0.227. The maximum absolute atomic E-state index is 12.4. The summed E-state index contributed by atoms with van der Waals surface area (Å²) in [4.78, 5) is 12.4. The molecule has 0 saturated carbocycles. The van der Waals surface area contributed by atoms with Gasteiger partial charge in [-0.3, -0.25) is 4.79 Å². The van der Waals surface area contributed by atoms with E-state index in [4.69, 9.17) is 0 Å². The Morgan fingerprint density at radius 3 is 2.71 bits per heavy atom. The summed E-state index contributed by atoms with van der Waals surface area (Å²) in [5.41, 5.74) is 4.11. The van der Waals surface area contributed by atoms with Crippen molar-refractivity contribution < 1.29 is 4.79 Å². The molecule has 0 aliphatic heterocycles. The summed E-state index contributed by atoms with van der Waals surface area (Å²) in [6, 6.07) is 15.7. The Bertz CT molecular complexity index is 888. The third-order valence-corrected chi connectivity index (χ3v) is 4.19. The van der Waals surface area contributed by atoms with Crippen LogP contribution in [0.15, 0.2) is 53.0 Å². The minimum Gasteiger partial charge on any atom is -0.347 e. The molecule has 0 aliphatic carbocycles. The number of nitrogens with one attached hydrogen (secondary N) is 1. The van der Waals surface area contributed by atoms with Crippen molar-refractivity contribution in [3.05, 3.63) is 75.5 Å². The van der Waals surface area contributed by atoms with Crippen LogP contribution < -0.4 is 5.32 Å². The normalized spacial score (nSPS) is 10.6. The summed E-state index contributed by atoms with van der Waals surface area (Å²) >= 11 is 3.44. The zero-order valence-electron chi connectivity index (χ0n) is 13.5. The fourth-order valence-electron chi connectivity index (χ4n) is 2.48. The van der Waals surface area contributed by atoms with Crippen molar-refractivity contribution in [1.29, 1.82) is 0 Å². The lowest BCUT2D eigenvalue weighted by Crippen LogP contribution is -2.24. The molecular formula is C18H17BrN4O. The third kappa shape index (κ3) is 3.54. The van der Waals surface area contributed by atoms with E-state index in [1.807, 2.05) is 62.4 Å². The van der Waals surface area contributed by atoms with Crippen LogP contribution in [0.4, 0.5) is 0 Å². The average Bonchev–Trinajstić information content (AvgIpc) is 2.94. The monoisotopic (exact) mass is 384 g/mol. The number of halogens is 1. The quantitative estimate of drug-likeness (QED) is 0.747. The van der Waals surface area contributed by atoms with Gasteiger partial charge in [0.1, 0.15) is 0 Å². The molecule has 1 N–H and O–H groups in total. The van der Waals surface area contributed by atoms with Gasteiger partial charge in [0.25, 0.3) is 5.91 Å². The molecule has 0 radical (unpaired) electrons. The second kappa shape index (κ2) is 6.97. The minimum absolute atomic E-state index is 0.227. The van der Waals surface area contributed by atoms with Crippen LogP contribution in [0.25, 0.3) is 5.69 Å². The number of rotatable bonds is 4. The molecule has 3 aromatic rings. The molecule has 0 bridgehead atoms. The number of carbonyl (C=O) groups excluding carboxylic acids is 1. The molecule has 1 aromatic heterocycles. The fraction of sp³-hybridized carbons (Fsp3) is 0.167. The van der Waals surface area contributed by atoms with Gasteiger partial charge in [0.05, 0.1) is 11.4 Å². The predicted octanol–water partition coefficient (Wildman–Crippen LogP) is 3.58. The van der Waals surface area contributed by atoms with Crippen LogP contribution in [0.3, 0.4) is 0 Å². The van der Waals surface area contributed by atoms with E-state index < -0.39 is 0 Å². The summed E-state index contributed by atoms with van der Waals surface area (Å²) < 4.78 is 2.60. The van der Waals surface area contributed by atoms with E-state index in [2.05, 4.69) is 31.6 Å². The molecule has 0 aliphatic rings. The number of nitrogens with zero attached hydrogens (tertiary/aromatic N) is 3. The third-order valence-electron chi connectivity index (χ3n) is 3.70. The lowest BCUT2D eigenvalue weighted by atomic mass is 10.1. The first kappa shape index (κ1) is 16.4. The van der Waals surface area contributed by atoms with E-state index in [0.717, 1.165) is 15.7 Å². The van der Waals surface area contributed by atoms with E-state index in [1.54, 1.807) is 4.68 Å². The number of aryl methyl sites for hydroxylation is 1. The first-order valence-electron chi connectivity index (χ1n) is 7.56. The van der Waals surface area contributed by atoms with E-state index in [0.29, 0.717) is 17.9 Å². The average molecular weight is 385 g/mol. The van der Waals surface area contributed by atoms with E-state index >= 15 is 0 Å². The Balaban J connectivity index is 1.76. The van der Waals surface area contributed by atoms with Gasteiger partial charge in [-0.25, -0.2) is 4.68 Å². The van der Waals surface area contributed by atoms with Gasteiger partial charge in [0, 0.05) is 11.0 Å². The summed E-state index contributed by atoms with van der Waals surface area (Å²) in [7, 11) is 0. The topological polar surface area (TPSA) is 59.8 Å². The van der Waals surface area contributed by atoms with Gasteiger partial charge in [-0.15, -0.1) is 5.10 Å². The zero-order chi connectivity index (χ0) is 17.1. The second-order valence-electron chi connectivity index (χ2n) is 5.59. The van der Waals surface area contributed by atoms with Crippen LogP contribution in [0.1, 0.15) is 27.3 Å². The molecule has 6 heteroatoms. The SMILES string of the molecule is Cc1cccc(CNC(=O)c2nnn(-c3cccc(Br)c3)c2C)c1. The molecule has 0 spiro atoms. The molecule has 3 rings (SSSR count). The van der Waals surface area contributed by atoms with Crippen molar-refractivity contribution in [2.24, 2.45) is 0 Å². The number of amides is 1. The molecule has 1 heterocycles. The van der Waals surface area contributed by atoms with Gasteiger partial charge >= 0.3 is 0 Å². The van der Waals surface area contributed by atoms with Crippen LogP contribution >= 0.6 is 15.9 Å². The highest BCUT2D eigenvalue weighted by molar-refractivity contribution is 9.10. The van der Waals surface area contributed by atoms with Crippen LogP contribution in [-0.2, 0) is 6.54 Å². The molecule has 0 fully saturated rings. The zero-order valence-corrected chi connectivity index (χ0v) is 15.0. The largest absolute Gasteiger partial charge is 0.347 e. The van der Waals surface area contributed by atoms with Crippen LogP contribution in [0.2, 0.25) is 0 Å². The molecule has 0 saturated heterocycles. The Hall–Kier alpha value is -2.47. The van der Waals surface area contributed by atoms with Crippen LogP contribution in [0.5, 0.6) is 0 Å². The maximum atomic E-state index is 12.4. The van der Waals surface area contributed by atoms with Gasteiger partial charge < -0.3 is 5.32 Å². The van der Waals surface area contributed by atoms with Gasteiger partial charge in [0.15, 0.2) is 5.69 Å². The number of aromatic nitrogens is 3. The maximum Gasteiger partial charge on any atom is 0.274 e. The van der Waals surface area contributed by atoms with Crippen LogP contribution in [-0.4, -0.2) is 20.9 Å². The molecule has 0 unspecified atom stereocenters. The molecule has 1 amide bonds. The fourth-order valence-corrected chi connectivity index (χ4v) is 2.87. The standard InChI is InChI=1S/C18H17BrN4O/c1-12-5-3-6-14(9-12)11-20-18(24)17-13(2)23(22-21-17)16-8-4-7-15(19)10-16/h3-10H,11H2,1-2H3,(H,20,24). The molecule has 0 atom stereocenters. The van der Waals surface area contributed by atoms with Crippen molar-refractivity contribution in [2.45, 2.75) is 20.4 Å². The van der Waals surface area contributed by atoms with Gasteiger partial charge in [0.2, 0.25) is 0 Å². The summed E-state index contributed by atoms with van der Waals surface area (Å²) in [5, 5.41) is 11.0. The Morgan fingerprint density at radius 2 is 1.96 bits per heavy atom. The lowest BCUT2D eigenvalue weighted by Gasteiger charge is -2.06. The summed E-state index contributed by atoms with van der Waals surface area (Å²) in [6.45, 7) is 4.32. The van der Waals surface area contributed by atoms with E-state index in [9.17, 15) is 4.79 Å². The van der Waals surface area contributed by atoms with Crippen molar-refractivity contribution in [3.63, 3.8) is 0 Å². The van der Waals surface area contributed by atoms with Gasteiger partial charge in [-0.05, 0) is 37.6 Å². The van der Waals surface area contributed by atoms with Crippen molar-refractivity contribution >= 4 is 21.8 Å². The molecule has 5 nitrogen and oxygen atoms in total. The number of benzene rings is 2. The molecule has 2 aromatic carbocycles. The van der Waals surface area contributed by atoms with Crippen LogP contribution in [0, 0.1) is 13.8 Å². The molecule has 122 valence electrons. The van der Waals surface area contributed by atoms with Crippen molar-refractivity contribution in [2.75, 3.05) is 0 Å². The first-order chi connectivity index (χ1) is 11.5.